The predicted molar refractivity (Wildman–Crippen MR) is 88.0 cm³/mol. The number of carbonyl (C=O) groups is 1. The molecule has 0 saturated heterocycles. The number of halogens is 1. The topological polar surface area (TPSA) is 80.9 Å². The molecule has 2 aromatic rings. The molecule has 0 aliphatic rings. The third kappa shape index (κ3) is 5.08. The summed E-state index contributed by atoms with van der Waals surface area (Å²) in [7, 11) is 0. The zero-order valence-corrected chi connectivity index (χ0v) is 13.6. The second kappa shape index (κ2) is 8.07. The molecule has 0 saturated carbocycles. The van der Waals surface area contributed by atoms with Gasteiger partial charge in [0.05, 0.1) is 0 Å². The summed E-state index contributed by atoms with van der Waals surface area (Å²) >= 11 is 1.39. The fourth-order valence-corrected chi connectivity index (χ4v) is 2.37. The Hall–Kier alpha value is -1.50. The van der Waals surface area contributed by atoms with Gasteiger partial charge in [-0.25, -0.2) is 0 Å². The summed E-state index contributed by atoms with van der Waals surface area (Å²) in [6.07, 6.45) is 0.722. The first kappa shape index (κ1) is 17.6. The number of hydrogen-bond acceptors (Lipinski definition) is 5. The van der Waals surface area contributed by atoms with E-state index < -0.39 is 0 Å². The van der Waals surface area contributed by atoms with E-state index >= 15 is 0 Å². The van der Waals surface area contributed by atoms with Gasteiger partial charge in [0.15, 0.2) is 0 Å². The Labute approximate surface area is 134 Å². The van der Waals surface area contributed by atoms with Crippen molar-refractivity contribution in [2.45, 2.75) is 20.3 Å². The Balaban J connectivity index is 0.00000220. The van der Waals surface area contributed by atoms with E-state index in [2.05, 4.69) is 46.7 Å². The third-order valence-corrected chi connectivity index (χ3v) is 3.81. The van der Waals surface area contributed by atoms with Crippen LogP contribution in [0, 0.1) is 12.8 Å². The number of benzene rings is 1. The summed E-state index contributed by atoms with van der Waals surface area (Å²) in [5, 5.41) is 12.2. The van der Waals surface area contributed by atoms with Crippen molar-refractivity contribution < 1.29 is 4.79 Å². The second-order valence-corrected chi connectivity index (χ2v) is 5.85. The first-order chi connectivity index (χ1) is 9.58. The van der Waals surface area contributed by atoms with Gasteiger partial charge in [-0.05, 0) is 12.5 Å². The van der Waals surface area contributed by atoms with Crippen LogP contribution in [0.25, 0.3) is 0 Å². The number of aryl methyl sites for hydroxylation is 1. The number of anilines is 1. The lowest BCUT2D eigenvalue weighted by atomic mass is 10.1. The van der Waals surface area contributed by atoms with Crippen molar-refractivity contribution in [2.24, 2.45) is 11.7 Å². The van der Waals surface area contributed by atoms with E-state index in [-0.39, 0.29) is 24.2 Å². The zero-order valence-electron chi connectivity index (χ0n) is 12.0. The van der Waals surface area contributed by atoms with Crippen molar-refractivity contribution >= 4 is 34.8 Å². The summed E-state index contributed by atoms with van der Waals surface area (Å²) in [5.41, 5.74) is 7.86. The quantitative estimate of drug-likeness (QED) is 0.884. The Morgan fingerprint density at radius 2 is 2.00 bits per heavy atom. The van der Waals surface area contributed by atoms with Gasteiger partial charge in [-0.1, -0.05) is 48.1 Å². The summed E-state index contributed by atoms with van der Waals surface area (Å²) in [4.78, 5) is 11.7. The fraction of sp³-hybridized carbons (Fsp3) is 0.357. The number of nitrogens with zero attached hydrogens (tertiary/aromatic N) is 2. The highest BCUT2D eigenvalue weighted by molar-refractivity contribution is 7.15. The predicted octanol–water partition coefficient (Wildman–Crippen LogP) is 2.39. The molecule has 1 aromatic carbocycles. The van der Waals surface area contributed by atoms with Crippen LogP contribution in [0.2, 0.25) is 0 Å². The molecule has 0 spiro atoms. The molecule has 1 amide bonds. The largest absolute Gasteiger partial charge is 0.330 e. The van der Waals surface area contributed by atoms with Crippen LogP contribution >= 0.6 is 23.7 Å². The van der Waals surface area contributed by atoms with Gasteiger partial charge in [-0.15, -0.1) is 22.6 Å². The van der Waals surface area contributed by atoms with Gasteiger partial charge in [0.25, 0.3) is 0 Å². The van der Waals surface area contributed by atoms with Gasteiger partial charge in [0.2, 0.25) is 11.0 Å². The molecule has 1 unspecified atom stereocenters. The number of carbonyl (C=O) groups excluding carboxylic acids is 1. The molecule has 0 bridgehead atoms. The van der Waals surface area contributed by atoms with Gasteiger partial charge in [-0.3, -0.25) is 4.79 Å². The highest BCUT2D eigenvalue weighted by atomic mass is 35.5. The van der Waals surface area contributed by atoms with Gasteiger partial charge in [0.1, 0.15) is 5.01 Å². The summed E-state index contributed by atoms with van der Waals surface area (Å²) in [6.45, 7) is 4.16. The van der Waals surface area contributed by atoms with Crippen molar-refractivity contribution in [2.75, 3.05) is 11.9 Å². The number of amides is 1. The Kier molecular flexibility index (Phi) is 6.74. The van der Waals surface area contributed by atoms with Crippen LogP contribution in [0.15, 0.2) is 24.3 Å². The number of hydrogen-bond donors (Lipinski definition) is 2. The number of rotatable bonds is 5. The minimum atomic E-state index is -0.223. The van der Waals surface area contributed by atoms with Crippen molar-refractivity contribution in [3.05, 3.63) is 40.4 Å². The third-order valence-electron chi connectivity index (χ3n) is 2.97. The van der Waals surface area contributed by atoms with E-state index in [1.807, 2.05) is 0 Å². The lowest BCUT2D eigenvalue weighted by Crippen LogP contribution is -2.26. The Morgan fingerprint density at radius 3 is 2.62 bits per heavy atom. The molecule has 1 heterocycles. The van der Waals surface area contributed by atoms with E-state index in [9.17, 15) is 4.79 Å². The lowest BCUT2D eigenvalue weighted by molar-refractivity contribution is -0.119. The maximum absolute atomic E-state index is 11.7. The molecule has 21 heavy (non-hydrogen) atoms. The second-order valence-electron chi connectivity index (χ2n) is 4.79. The van der Waals surface area contributed by atoms with Crippen LogP contribution in [-0.4, -0.2) is 22.6 Å². The van der Waals surface area contributed by atoms with E-state index in [0.29, 0.717) is 11.7 Å². The minimum absolute atomic E-state index is 0. The van der Waals surface area contributed by atoms with E-state index in [1.165, 1.54) is 22.5 Å². The number of aromatic nitrogens is 2. The van der Waals surface area contributed by atoms with E-state index in [4.69, 9.17) is 5.73 Å². The smallest absolute Gasteiger partial charge is 0.230 e. The molecule has 7 heteroatoms. The van der Waals surface area contributed by atoms with Gasteiger partial charge in [0, 0.05) is 18.9 Å². The summed E-state index contributed by atoms with van der Waals surface area (Å²) in [6, 6.07) is 8.29. The Bertz CT molecular complexity index is 585. The van der Waals surface area contributed by atoms with E-state index in [0.717, 1.165) is 11.4 Å². The van der Waals surface area contributed by atoms with Gasteiger partial charge >= 0.3 is 0 Å². The Morgan fingerprint density at radius 1 is 1.33 bits per heavy atom. The fourth-order valence-electron chi connectivity index (χ4n) is 1.59. The van der Waals surface area contributed by atoms with Gasteiger partial charge in [-0.2, -0.15) is 0 Å². The van der Waals surface area contributed by atoms with Crippen LogP contribution in [-0.2, 0) is 11.2 Å². The molecule has 0 aliphatic heterocycles. The standard InChI is InChI=1S/C14H18N4OS.ClH/c1-9-3-5-11(6-4-9)7-12-17-18-14(20-12)16-13(19)10(2)8-15;/h3-6,10H,7-8,15H2,1-2H3,(H,16,18,19);1H. The molecule has 3 N–H and O–H groups in total. The number of nitrogens with two attached hydrogens (primary N) is 1. The zero-order chi connectivity index (χ0) is 14.5. The minimum Gasteiger partial charge on any atom is -0.330 e. The molecule has 0 aliphatic carbocycles. The highest BCUT2D eigenvalue weighted by Crippen LogP contribution is 2.19. The highest BCUT2D eigenvalue weighted by Gasteiger charge is 2.13. The lowest BCUT2D eigenvalue weighted by Gasteiger charge is -2.06. The average molecular weight is 327 g/mol. The molecule has 114 valence electrons. The maximum atomic E-state index is 11.7. The summed E-state index contributed by atoms with van der Waals surface area (Å²) < 4.78 is 0. The van der Waals surface area contributed by atoms with E-state index in [1.54, 1.807) is 6.92 Å². The van der Waals surface area contributed by atoms with Crippen LogP contribution < -0.4 is 11.1 Å². The molecule has 5 nitrogen and oxygen atoms in total. The maximum Gasteiger partial charge on any atom is 0.230 e. The monoisotopic (exact) mass is 326 g/mol. The van der Waals surface area contributed by atoms with Crippen molar-refractivity contribution in [3.63, 3.8) is 0 Å². The van der Waals surface area contributed by atoms with Crippen LogP contribution in [0.1, 0.15) is 23.1 Å². The molecule has 1 aromatic heterocycles. The van der Waals surface area contributed by atoms with Crippen LogP contribution in [0.5, 0.6) is 0 Å². The molecule has 0 fully saturated rings. The van der Waals surface area contributed by atoms with Crippen LogP contribution in [0.4, 0.5) is 5.13 Å². The molecule has 1 atom stereocenters. The first-order valence-corrected chi connectivity index (χ1v) is 7.29. The first-order valence-electron chi connectivity index (χ1n) is 6.47. The normalized spacial score (nSPS) is 11.6. The molecular formula is C14H19ClN4OS. The summed E-state index contributed by atoms with van der Waals surface area (Å²) in [5.74, 6) is -0.343. The molecule has 0 radical (unpaired) electrons. The van der Waals surface area contributed by atoms with Crippen molar-refractivity contribution in [3.8, 4) is 0 Å². The van der Waals surface area contributed by atoms with Crippen molar-refractivity contribution in [1.29, 1.82) is 0 Å². The van der Waals surface area contributed by atoms with Gasteiger partial charge < -0.3 is 11.1 Å². The van der Waals surface area contributed by atoms with Crippen LogP contribution in [0.3, 0.4) is 0 Å². The number of nitrogens with one attached hydrogen (secondary N) is 1. The average Bonchev–Trinajstić information content (AvgIpc) is 2.87. The van der Waals surface area contributed by atoms with Crippen molar-refractivity contribution in [1.82, 2.24) is 10.2 Å². The molecule has 2 rings (SSSR count). The SMILES string of the molecule is Cc1ccc(Cc2nnc(NC(=O)C(C)CN)s2)cc1.Cl. The molecular weight excluding hydrogens is 308 g/mol.